The number of amides is 1. The molecule has 1 amide bonds. The van der Waals surface area contributed by atoms with Crippen LogP contribution in [0.15, 0.2) is 24.3 Å². The minimum atomic E-state index is -0.100. The zero-order chi connectivity index (χ0) is 13.7. The van der Waals surface area contributed by atoms with Crippen LogP contribution in [0.2, 0.25) is 5.02 Å². The molecule has 0 radical (unpaired) electrons. The van der Waals surface area contributed by atoms with Crippen molar-refractivity contribution >= 4 is 29.3 Å². The molecule has 0 spiro atoms. The Morgan fingerprint density at radius 3 is 3.21 bits per heavy atom. The van der Waals surface area contributed by atoms with Gasteiger partial charge in [0.2, 0.25) is 5.91 Å². The standard InChI is InChI=1S/C13H17ClN2O2S/c1-9(18-11-4-2-3-10(14)5-11)6-15-13(17)12-7-19-8-16-12/h2-5,9,12,16H,6-8H2,1H3,(H,15,17). The smallest absolute Gasteiger partial charge is 0.238 e. The van der Waals surface area contributed by atoms with E-state index in [-0.39, 0.29) is 18.1 Å². The van der Waals surface area contributed by atoms with Crippen LogP contribution in [0.3, 0.4) is 0 Å². The number of carbonyl (C=O) groups is 1. The summed E-state index contributed by atoms with van der Waals surface area (Å²) >= 11 is 7.61. The van der Waals surface area contributed by atoms with Crippen LogP contribution in [0, 0.1) is 0 Å². The molecule has 0 bridgehead atoms. The summed E-state index contributed by atoms with van der Waals surface area (Å²) < 4.78 is 5.68. The molecule has 1 fully saturated rings. The van der Waals surface area contributed by atoms with E-state index in [1.54, 1.807) is 23.9 Å². The largest absolute Gasteiger partial charge is 0.489 e. The highest BCUT2D eigenvalue weighted by Crippen LogP contribution is 2.18. The molecule has 19 heavy (non-hydrogen) atoms. The molecule has 1 aromatic carbocycles. The zero-order valence-electron chi connectivity index (χ0n) is 10.7. The second-order valence-corrected chi connectivity index (χ2v) is 5.87. The third-order valence-electron chi connectivity index (χ3n) is 2.73. The number of thioether (sulfide) groups is 1. The third-order valence-corrected chi connectivity index (χ3v) is 3.90. The van der Waals surface area contributed by atoms with Crippen LogP contribution in [0.1, 0.15) is 6.92 Å². The first-order chi connectivity index (χ1) is 9.15. The molecule has 1 saturated heterocycles. The lowest BCUT2D eigenvalue weighted by molar-refractivity contribution is -0.122. The molecule has 4 nitrogen and oxygen atoms in total. The van der Waals surface area contributed by atoms with E-state index in [4.69, 9.17) is 16.3 Å². The summed E-state index contributed by atoms with van der Waals surface area (Å²) in [4.78, 5) is 11.8. The van der Waals surface area contributed by atoms with Crippen LogP contribution in [-0.2, 0) is 4.79 Å². The summed E-state index contributed by atoms with van der Waals surface area (Å²) in [5, 5.41) is 6.66. The van der Waals surface area contributed by atoms with Crippen LogP contribution in [-0.4, -0.2) is 36.2 Å². The van der Waals surface area contributed by atoms with Gasteiger partial charge in [-0.15, -0.1) is 11.8 Å². The maximum atomic E-state index is 11.8. The summed E-state index contributed by atoms with van der Waals surface area (Å²) in [6, 6.07) is 7.16. The number of hydrogen-bond acceptors (Lipinski definition) is 4. The fourth-order valence-electron chi connectivity index (χ4n) is 1.75. The first-order valence-electron chi connectivity index (χ1n) is 6.16. The highest BCUT2D eigenvalue weighted by molar-refractivity contribution is 7.99. The summed E-state index contributed by atoms with van der Waals surface area (Å²) in [5.74, 6) is 2.41. The molecule has 6 heteroatoms. The van der Waals surface area contributed by atoms with Crippen molar-refractivity contribution in [2.75, 3.05) is 18.2 Å². The topological polar surface area (TPSA) is 50.4 Å². The van der Waals surface area contributed by atoms with Gasteiger partial charge in [-0.1, -0.05) is 17.7 Å². The quantitative estimate of drug-likeness (QED) is 0.872. The van der Waals surface area contributed by atoms with Crippen molar-refractivity contribution in [1.29, 1.82) is 0 Å². The average Bonchev–Trinajstić information content (AvgIpc) is 2.90. The van der Waals surface area contributed by atoms with Crippen LogP contribution >= 0.6 is 23.4 Å². The average molecular weight is 301 g/mol. The molecule has 0 aliphatic carbocycles. The molecule has 2 N–H and O–H groups in total. The fourth-order valence-corrected chi connectivity index (χ4v) is 2.87. The molecular weight excluding hydrogens is 284 g/mol. The fraction of sp³-hybridized carbons (Fsp3) is 0.462. The van der Waals surface area contributed by atoms with Gasteiger partial charge in [0.05, 0.1) is 12.6 Å². The Kier molecular flexibility index (Phi) is 5.36. The number of rotatable bonds is 5. The molecule has 1 aliphatic heterocycles. The van der Waals surface area contributed by atoms with Gasteiger partial charge in [-0.2, -0.15) is 0 Å². The van der Waals surface area contributed by atoms with E-state index in [1.165, 1.54) is 0 Å². The van der Waals surface area contributed by atoms with E-state index >= 15 is 0 Å². The van der Waals surface area contributed by atoms with Crippen molar-refractivity contribution in [3.8, 4) is 5.75 Å². The van der Waals surface area contributed by atoms with E-state index in [0.717, 1.165) is 11.6 Å². The summed E-state index contributed by atoms with van der Waals surface area (Å²) in [6.45, 7) is 2.40. The normalized spacial score (nSPS) is 20.0. The van der Waals surface area contributed by atoms with Gasteiger partial charge < -0.3 is 10.1 Å². The van der Waals surface area contributed by atoms with Gasteiger partial charge in [0.25, 0.3) is 0 Å². The SMILES string of the molecule is CC(CNC(=O)C1CSCN1)Oc1cccc(Cl)c1. The molecule has 1 heterocycles. The predicted molar refractivity (Wildman–Crippen MR) is 78.8 cm³/mol. The van der Waals surface area contributed by atoms with E-state index in [0.29, 0.717) is 17.3 Å². The van der Waals surface area contributed by atoms with Crippen LogP contribution < -0.4 is 15.4 Å². The number of benzene rings is 1. The lowest BCUT2D eigenvalue weighted by Crippen LogP contribution is -2.44. The first kappa shape index (κ1) is 14.5. The molecule has 2 unspecified atom stereocenters. The van der Waals surface area contributed by atoms with Crippen molar-refractivity contribution in [1.82, 2.24) is 10.6 Å². The minimum absolute atomic E-state index is 0.0338. The minimum Gasteiger partial charge on any atom is -0.489 e. The zero-order valence-corrected chi connectivity index (χ0v) is 12.3. The molecular formula is C13H17ClN2O2S. The van der Waals surface area contributed by atoms with Gasteiger partial charge in [-0.05, 0) is 25.1 Å². The third kappa shape index (κ3) is 4.60. The van der Waals surface area contributed by atoms with Gasteiger partial charge in [0, 0.05) is 16.7 Å². The lowest BCUT2D eigenvalue weighted by Gasteiger charge is -2.17. The number of halogens is 1. The molecule has 1 aliphatic rings. The summed E-state index contributed by atoms with van der Waals surface area (Å²) in [5.41, 5.74) is 0. The monoisotopic (exact) mass is 300 g/mol. The molecule has 1 aromatic rings. The summed E-state index contributed by atoms with van der Waals surface area (Å²) in [7, 11) is 0. The Morgan fingerprint density at radius 1 is 1.68 bits per heavy atom. The van der Waals surface area contributed by atoms with Gasteiger partial charge in [0.15, 0.2) is 0 Å². The van der Waals surface area contributed by atoms with Gasteiger partial charge in [-0.3, -0.25) is 10.1 Å². The van der Waals surface area contributed by atoms with E-state index < -0.39 is 0 Å². The predicted octanol–water partition coefficient (Wildman–Crippen LogP) is 1.89. The Morgan fingerprint density at radius 2 is 2.53 bits per heavy atom. The van der Waals surface area contributed by atoms with Crippen molar-refractivity contribution in [3.05, 3.63) is 29.3 Å². The maximum Gasteiger partial charge on any atom is 0.238 e. The highest BCUT2D eigenvalue weighted by Gasteiger charge is 2.22. The van der Waals surface area contributed by atoms with Crippen LogP contribution in [0.4, 0.5) is 0 Å². The van der Waals surface area contributed by atoms with Gasteiger partial charge >= 0.3 is 0 Å². The number of ether oxygens (including phenoxy) is 1. The molecule has 2 rings (SSSR count). The second-order valence-electron chi connectivity index (χ2n) is 4.40. The number of carbonyl (C=O) groups excluding carboxylic acids is 1. The lowest BCUT2D eigenvalue weighted by atomic mass is 10.3. The van der Waals surface area contributed by atoms with Gasteiger partial charge in [-0.25, -0.2) is 0 Å². The maximum absolute atomic E-state index is 11.8. The van der Waals surface area contributed by atoms with Crippen molar-refractivity contribution in [2.45, 2.75) is 19.1 Å². The Bertz CT molecular complexity index is 438. The first-order valence-corrected chi connectivity index (χ1v) is 7.69. The Balaban J connectivity index is 1.75. The second kappa shape index (κ2) is 7.03. The van der Waals surface area contributed by atoms with E-state index in [2.05, 4.69) is 10.6 Å². The van der Waals surface area contributed by atoms with Gasteiger partial charge in [0.1, 0.15) is 11.9 Å². The molecule has 0 aromatic heterocycles. The Labute approximate surface area is 122 Å². The van der Waals surface area contributed by atoms with Crippen molar-refractivity contribution in [3.63, 3.8) is 0 Å². The number of hydrogen-bond donors (Lipinski definition) is 2. The molecule has 2 atom stereocenters. The van der Waals surface area contributed by atoms with Crippen LogP contribution in [0.5, 0.6) is 5.75 Å². The van der Waals surface area contributed by atoms with Crippen molar-refractivity contribution < 1.29 is 9.53 Å². The number of nitrogens with one attached hydrogen (secondary N) is 2. The van der Waals surface area contributed by atoms with E-state index in [1.807, 2.05) is 19.1 Å². The molecule has 104 valence electrons. The molecule has 0 saturated carbocycles. The summed E-state index contributed by atoms with van der Waals surface area (Å²) in [6.07, 6.45) is -0.100. The van der Waals surface area contributed by atoms with Crippen LogP contribution in [0.25, 0.3) is 0 Å². The highest BCUT2D eigenvalue weighted by atomic mass is 35.5. The van der Waals surface area contributed by atoms with E-state index in [9.17, 15) is 4.79 Å². The Hall–Kier alpha value is -0.910. The van der Waals surface area contributed by atoms with Crippen molar-refractivity contribution in [2.24, 2.45) is 0 Å².